The summed E-state index contributed by atoms with van der Waals surface area (Å²) in [6, 6.07) is 6.05. The summed E-state index contributed by atoms with van der Waals surface area (Å²) < 4.78 is 10.7. The molecule has 3 rings (SSSR count). The number of rotatable bonds is 3. The Bertz CT molecular complexity index is 526. The number of nitrogens with zero attached hydrogens (tertiary/aromatic N) is 1. The summed E-state index contributed by atoms with van der Waals surface area (Å²) in [7, 11) is 1.68. The van der Waals surface area contributed by atoms with Crippen molar-refractivity contribution in [3.63, 3.8) is 0 Å². The molecule has 1 aromatic rings. The fourth-order valence-corrected chi connectivity index (χ4v) is 2.88. The minimum absolute atomic E-state index is 0.0244. The second-order valence-corrected chi connectivity index (χ2v) is 5.59. The van der Waals surface area contributed by atoms with Crippen LogP contribution < -0.4 is 10.1 Å². The van der Waals surface area contributed by atoms with E-state index >= 15 is 0 Å². The molecular formula is C15H20N2O3. The van der Waals surface area contributed by atoms with Crippen LogP contribution in [0.15, 0.2) is 18.2 Å². The van der Waals surface area contributed by atoms with Gasteiger partial charge in [0.05, 0.1) is 32.4 Å². The van der Waals surface area contributed by atoms with E-state index < -0.39 is 0 Å². The van der Waals surface area contributed by atoms with Crippen LogP contribution in [0.5, 0.6) is 5.75 Å². The van der Waals surface area contributed by atoms with Crippen molar-refractivity contribution in [1.82, 2.24) is 10.2 Å². The van der Waals surface area contributed by atoms with Crippen molar-refractivity contribution < 1.29 is 14.3 Å². The van der Waals surface area contributed by atoms with E-state index in [9.17, 15) is 4.79 Å². The third-order valence-corrected chi connectivity index (χ3v) is 4.34. The second-order valence-electron chi connectivity index (χ2n) is 5.59. The Kier molecular flexibility index (Phi) is 3.40. The molecule has 0 bridgehead atoms. The first-order valence-corrected chi connectivity index (χ1v) is 6.87. The molecule has 1 spiro atoms. The van der Waals surface area contributed by atoms with E-state index in [4.69, 9.17) is 9.47 Å². The third-order valence-electron chi connectivity index (χ3n) is 4.34. The Hall–Kier alpha value is -1.59. The maximum Gasteiger partial charge on any atom is 0.234 e. The van der Waals surface area contributed by atoms with Gasteiger partial charge in [-0.3, -0.25) is 9.69 Å². The van der Waals surface area contributed by atoms with E-state index in [1.165, 1.54) is 5.56 Å². The van der Waals surface area contributed by atoms with Gasteiger partial charge in [-0.05, 0) is 24.1 Å². The highest BCUT2D eigenvalue weighted by Crippen LogP contribution is 2.30. The van der Waals surface area contributed by atoms with Gasteiger partial charge < -0.3 is 14.8 Å². The van der Waals surface area contributed by atoms with Crippen molar-refractivity contribution in [3.8, 4) is 5.75 Å². The molecule has 1 amide bonds. The lowest BCUT2D eigenvalue weighted by atomic mass is 9.91. The van der Waals surface area contributed by atoms with Gasteiger partial charge in [-0.1, -0.05) is 12.1 Å². The van der Waals surface area contributed by atoms with Crippen LogP contribution in [0, 0.1) is 6.92 Å². The van der Waals surface area contributed by atoms with Crippen LogP contribution in [-0.2, 0) is 16.1 Å². The van der Waals surface area contributed by atoms with Gasteiger partial charge in [0.15, 0.2) is 0 Å². The normalized spacial score (nSPS) is 21.4. The van der Waals surface area contributed by atoms with E-state index in [2.05, 4.69) is 23.2 Å². The lowest BCUT2D eigenvalue weighted by Crippen LogP contribution is -2.71. The Balaban J connectivity index is 1.83. The Morgan fingerprint density at radius 2 is 2.25 bits per heavy atom. The molecule has 0 saturated carbocycles. The van der Waals surface area contributed by atoms with E-state index in [1.54, 1.807) is 7.11 Å². The summed E-state index contributed by atoms with van der Waals surface area (Å²) >= 11 is 0. The van der Waals surface area contributed by atoms with Crippen LogP contribution in [0.1, 0.15) is 11.1 Å². The average Bonchev–Trinajstić information content (AvgIpc) is 2.40. The number of hydrogen-bond acceptors (Lipinski definition) is 4. The number of carbonyl (C=O) groups excluding carboxylic acids is 1. The number of hydrogen-bond donors (Lipinski definition) is 1. The number of ether oxygens (including phenoxy) is 2. The molecule has 0 radical (unpaired) electrons. The van der Waals surface area contributed by atoms with E-state index in [1.807, 2.05) is 12.1 Å². The van der Waals surface area contributed by atoms with Gasteiger partial charge in [-0.25, -0.2) is 0 Å². The van der Waals surface area contributed by atoms with Crippen LogP contribution in [0.2, 0.25) is 0 Å². The molecule has 2 aliphatic heterocycles. The summed E-state index contributed by atoms with van der Waals surface area (Å²) in [6.45, 7) is 5.30. The smallest absolute Gasteiger partial charge is 0.234 e. The lowest BCUT2D eigenvalue weighted by molar-refractivity contribution is -0.164. The van der Waals surface area contributed by atoms with Crippen LogP contribution >= 0.6 is 0 Å². The number of nitrogens with one attached hydrogen (secondary N) is 1. The molecule has 2 aliphatic rings. The molecular weight excluding hydrogens is 256 g/mol. The summed E-state index contributed by atoms with van der Waals surface area (Å²) in [5.41, 5.74) is 2.31. The minimum atomic E-state index is -0.0244. The first-order chi connectivity index (χ1) is 9.64. The predicted molar refractivity (Wildman–Crippen MR) is 74.7 cm³/mol. The van der Waals surface area contributed by atoms with Crippen molar-refractivity contribution in [2.75, 3.05) is 33.4 Å². The topological polar surface area (TPSA) is 50.8 Å². The zero-order chi connectivity index (χ0) is 14.2. The molecule has 2 fully saturated rings. The Labute approximate surface area is 118 Å². The fraction of sp³-hybridized carbons (Fsp3) is 0.533. The maximum atomic E-state index is 11.7. The highest BCUT2D eigenvalue weighted by molar-refractivity contribution is 5.79. The molecule has 5 heteroatoms. The average molecular weight is 276 g/mol. The van der Waals surface area contributed by atoms with Gasteiger partial charge >= 0.3 is 0 Å². The highest BCUT2D eigenvalue weighted by Gasteiger charge is 2.47. The minimum Gasteiger partial charge on any atom is -0.496 e. The molecule has 0 aromatic heterocycles. The monoisotopic (exact) mass is 276 g/mol. The van der Waals surface area contributed by atoms with Crippen molar-refractivity contribution in [3.05, 3.63) is 29.3 Å². The van der Waals surface area contributed by atoms with Crippen LogP contribution in [-0.4, -0.2) is 49.8 Å². The van der Waals surface area contributed by atoms with E-state index in [0.717, 1.165) is 17.9 Å². The van der Waals surface area contributed by atoms with E-state index in [0.29, 0.717) is 26.3 Å². The fourth-order valence-electron chi connectivity index (χ4n) is 2.88. The van der Waals surface area contributed by atoms with Gasteiger partial charge in [0.2, 0.25) is 5.91 Å². The zero-order valence-corrected chi connectivity index (χ0v) is 11.9. The molecule has 2 saturated heterocycles. The molecule has 1 N–H and O–H groups in total. The van der Waals surface area contributed by atoms with Gasteiger partial charge in [0.1, 0.15) is 5.75 Å². The molecule has 0 atom stereocenters. The Morgan fingerprint density at radius 3 is 2.90 bits per heavy atom. The SMILES string of the molecule is COc1cccc(CN2CC(=O)NCC23COC3)c1C. The molecule has 1 aromatic carbocycles. The number of methoxy groups -OCH3 is 1. The van der Waals surface area contributed by atoms with Gasteiger partial charge in [-0.15, -0.1) is 0 Å². The van der Waals surface area contributed by atoms with E-state index in [-0.39, 0.29) is 11.4 Å². The van der Waals surface area contributed by atoms with Gasteiger partial charge in [0, 0.05) is 13.1 Å². The lowest BCUT2D eigenvalue weighted by Gasteiger charge is -2.52. The molecule has 5 nitrogen and oxygen atoms in total. The summed E-state index contributed by atoms with van der Waals surface area (Å²) in [4.78, 5) is 13.9. The van der Waals surface area contributed by atoms with Crippen LogP contribution in [0.25, 0.3) is 0 Å². The summed E-state index contributed by atoms with van der Waals surface area (Å²) in [5.74, 6) is 0.978. The molecule has 108 valence electrons. The number of carbonyl (C=O) groups is 1. The quantitative estimate of drug-likeness (QED) is 0.883. The maximum absolute atomic E-state index is 11.7. The number of piperazine rings is 1. The molecule has 20 heavy (non-hydrogen) atoms. The van der Waals surface area contributed by atoms with Crippen LogP contribution in [0.3, 0.4) is 0 Å². The standard InChI is InChI=1S/C15H20N2O3/c1-11-12(4-3-5-13(11)19-2)6-17-7-14(18)16-8-15(17)9-20-10-15/h3-5H,6-10H2,1-2H3,(H,16,18). The number of benzene rings is 1. The van der Waals surface area contributed by atoms with Gasteiger partial charge in [0.25, 0.3) is 0 Å². The van der Waals surface area contributed by atoms with Crippen molar-refractivity contribution in [2.45, 2.75) is 19.0 Å². The Morgan fingerprint density at radius 1 is 1.45 bits per heavy atom. The van der Waals surface area contributed by atoms with Crippen molar-refractivity contribution >= 4 is 5.91 Å². The van der Waals surface area contributed by atoms with Crippen molar-refractivity contribution in [2.24, 2.45) is 0 Å². The van der Waals surface area contributed by atoms with Crippen molar-refractivity contribution in [1.29, 1.82) is 0 Å². The molecule has 0 aliphatic carbocycles. The zero-order valence-electron chi connectivity index (χ0n) is 11.9. The third kappa shape index (κ3) is 2.17. The summed E-state index contributed by atoms with van der Waals surface area (Å²) in [6.07, 6.45) is 0. The molecule has 2 heterocycles. The largest absolute Gasteiger partial charge is 0.496 e. The summed E-state index contributed by atoms with van der Waals surface area (Å²) in [5, 5.41) is 2.94. The van der Waals surface area contributed by atoms with Crippen LogP contribution in [0.4, 0.5) is 0 Å². The van der Waals surface area contributed by atoms with Gasteiger partial charge in [-0.2, -0.15) is 0 Å². The number of amides is 1. The first kappa shape index (κ1) is 13.4. The second kappa shape index (κ2) is 5.07. The predicted octanol–water partition coefficient (Wildman–Crippen LogP) is 0.704. The molecule has 0 unspecified atom stereocenters. The first-order valence-electron chi connectivity index (χ1n) is 6.87. The highest BCUT2D eigenvalue weighted by atomic mass is 16.5.